The summed E-state index contributed by atoms with van der Waals surface area (Å²) in [5, 5.41) is 2.50. The van der Waals surface area contributed by atoms with Crippen LogP contribution in [0.4, 0.5) is 17.1 Å². The van der Waals surface area contributed by atoms with E-state index in [-0.39, 0.29) is 0 Å². The number of hydrogen-bond acceptors (Lipinski definition) is 1. The lowest BCUT2D eigenvalue weighted by molar-refractivity contribution is 1.28. The monoisotopic (exact) mass is 599 g/mol. The minimum Gasteiger partial charge on any atom is -0.310 e. The van der Waals surface area contributed by atoms with Gasteiger partial charge in [-0.2, -0.15) is 0 Å². The van der Waals surface area contributed by atoms with Crippen molar-refractivity contribution in [1.82, 2.24) is 0 Å². The third-order valence-electron chi connectivity index (χ3n) is 8.89. The molecule has 0 saturated heterocycles. The van der Waals surface area contributed by atoms with Gasteiger partial charge >= 0.3 is 0 Å². The number of para-hydroxylation sites is 1. The third-order valence-corrected chi connectivity index (χ3v) is 8.89. The van der Waals surface area contributed by atoms with E-state index in [1.807, 2.05) is 0 Å². The van der Waals surface area contributed by atoms with E-state index in [4.69, 9.17) is 0 Å². The van der Waals surface area contributed by atoms with Gasteiger partial charge in [0.15, 0.2) is 0 Å². The molecule has 0 aliphatic heterocycles. The van der Waals surface area contributed by atoms with Gasteiger partial charge in [0.2, 0.25) is 0 Å². The van der Waals surface area contributed by atoms with Crippen molar-refractivity contribution in [3.05, 3.63) is 200 Å². The van der Waals surface area contributed by atoms with Gasteiger partial charge in [-0.15, -0.1) is 0 Å². The average molecular weight is 600 g/mol. The Morgan fingerprint density at radius 2 is 0.766 bits per heavy atom. The molecule has 0 atom stereocenters. The van der Waals surface area contributed by atoms with Gasteiger partial charge in [0.1, 0.15) is 0 Å². The van der Waals surface area contributed by atoms with Crippen LogP contribution in [0.3, 0.4) is 0 Å². The lowest BCUT2D eigenvalue weighted by atomic mass is 9.96. The van der Waals surface area contributed by atoms with Crippen LogP contribution in [-0.2, 0) is 0 Å². The van der Waals surface area contributed by atoms with Crippen molar-refractivity contribution in [2.24, 2.45) is 0 Å². The van der Waals surface area contributed by atoms with Crippen LogP contribution in [0.1, 0.15) is 0 Å². The van der Waals surface area contributed by atoms with E-state index < -0.39 is 0 Å². The van der Waals surface area contributed by atoms with Gasteiger partial charge in [0.25, 0.3) is 0 Å². The second-order valence-corrected chi connectivity index (χ2v) is 11.8. The standard InChI is InChI=1S/C46H33N/c1-3-13-34(14-4-1)36-25-27-39(28-26-36)45-22-9-10-24-46(45)47(41-31-29-37(30-32-41)35-15-5-2-6-16-35)42-20-11-19-40(33-42)44-23-12-18-38-17-7-8-21-43(38)44/h1-33H. The van der Waals surface area contributed by atoms with Gasteiger partial charge in [-0.3, -0.25) is 0 Å². The fourth-order valence-electron chi connectivity index (χ4n) is 6.54. The summed E-state index contributed by atoms with van der Waals surface area (Å²) in [4.78, 5) is 2.39. The van der Waals surface area contributed by atoms with E-state index in [1.165, 1.54) is 55.3 Å². The second-order valence-electron chi connectivity index (χ2n) is 11.8. The quantitative estimate of drug-likeness (QED) is 0.176. The lowest BCUT2D eigenvalue weighted by Gasteiger charge is -2.28. The summed E-state index contributed by atoms with van der Waals surface area (Å²) < 4.78 is 0. The third kappa shape index (κ3) is 5.72. The van der Waals surface area contributed by atoms with E-state index in [0.717, 1.165) is 17.1 Å². The Balaban J connectivity index is 1.27. The molecule has 8 aromatic carbocycles. The molecule has 0 aliphatic rings. The molecule has 8 aromatic rings. The molecule has 222 valence electrons. The summed E-state index contributed by atoms with van der Waals surface area (Å²) in [6.07, 6.45) is 0. The highest BCUT2D eigenvalue weighted by Crippen LogP contribution is 2.43. The smallest absolute Gasteiger partial charge is 0.0540 e. The fraction of sp³-hybridized carbons (Fsp3) is 0. The SMILES string of the molecule is c1ccc(-c2ccc(-c3ccccc3N(c3ccc(-c4ccccc4)cc3)c3cccc(-c4cccc5ccccc45)c3)cc2)cc1. The number of benzene rings is 8. The maximum absolute atomic E-state index is 2.39. The Hall–Kier alpha value is -6.18. The molecule has 0 amide bonds. The molecule has 0 spiro atoms. The largest absolute Gasteiger partial charge is 0.310 e. The number of anilines is 3. The highest BCUT2D eigenvalue weighted by Gasteiger charge is 2.18. The van der Waals surface area contributed by atoms with Crippen LogP contribution in [0.2, 0.25) is 0 Å². The summed E-state index contributed by atoms with van der Waals surface area (Å²) in [5.41, 5.74) is 13.0. The molecule has 1 heteroatoms. The summed E-state index contributed by atoms with van der Waals surface area (Å²) >= 11 is 0. The zero-order valence-corrected chi connectivity index (χ0v) is 26.0. The molecular weight excluding hydrogens is 567 g/mol. The Morgan fingerprint density at radius 3 is 1.49 bits per heavy atom. The topological polar surface area (TPSA) is 3.24 Å². The van der Waals surface area contributed by atoms with Crippen LogP contribution >= 0.6 is 0 Å². The Labute approximate surface area is 276 Å². The molecule has 0 bridgehead atoms. The van der Waals surface area contributed by atoms with Gasteiger partial charge in [-0.1, -0.05) is 170 Å². The summed E-state index contributed by atoms with van der Waals surface area (Å²) in [6.45, 7) is 0. The lowest BCUT2D eigenvalue weighted by Crippen LogP contribution is -2.11. The molecule has 1 nitrogen and oxygen atoms in total. The van der Waals surface area contributed by atoms with Crippen molar-refractivity contribution in [3.8, 4) is 44.5 Å². The first kappa shape index (κ1) is 28.3. The van der Waals surface area contributed by atoms with Crippen molar-refractivity contribution in [1.29, 1.82) is 0 Å². The molecular formula is C46H33N. The molecule has 0 aliphatic carbocycles. The van der Waals surface area contributed by atoms with Crippen molar-refractivity contribution in [2.45, 2.75) is 0 Å². The van der Waals surface area contributed by atoms with Crippen molar-refractivity contribution < 1.29 is 0 Å². The van der Waals surface area contributed by atoms with Gasteiger partial charge in [-0.25, -0.2) is 0 Å². The van der Waals surface area contributed by atoms with Gasteiger partial charge in [-0.05, 0) is 80.0 Å². The average Bonchev–Trinajstić information content (AvgIpc) is 3.16. The molecule has 0 N–H and O–H groups in total. The maximum atomic E-state index is 2.39. The van der Waals surface area contributed by atoms with Crippen molar-refractivity contribution in [3.63, 3.8) is 0 Å². The second kappa shape index (κ2) is 12.7. The van der Waals surface area contributed by atoms with E-state index in [9.17, 15) is 0 Å². The Bertz CT molecular complexity index is 2260. The molecule has 0 radical (unpaired) electrons. The minimum atomic E-state index is 1.10. The maximum Gasteiger partial charge on any atom is 0.0540 e. The predicted octanol–water partition coefficient (Wildman–Crippen LogP) is 13.0. The van der Waals surface area contributed by atoms with Gasteiger partial charge < -0.3 is 4.90 Å². The summed E-state index contributed by atoms with van der Waals surface area (Å²) in [6, 6.07) is 71.8. The minimum absolute atomic E-state index is 1.10. The first-order valence-electron chi connectivity index (χ1n) is 16.1. The summed E-state index contributed by atoms with van der Waals surface area (Å²) in [7, 11) is 0. The Kier molecular flexibility index (Phi) is 7.63. The van der Waals surface area contributed by atoms with Crippen molar-refractivity contribution >= 4 is 27.8 Å². The van der Waals surface area contributed by atoms with Crippen molar-refractivity contribution in [2.75, 3.05) is 4.90 Å². The van der Waals surface area contributed by atoms with E-state index in [2.05, 4.69) is 205 Å². The zero-order chi connectivity index (χ0) is 31.4. The molecule has 0 unspecified atom stereocenters. The first-order valence-corrected chi connectivity index (χ1v) is 16.1. The van der Waals surface area contributed by atoms with Crippen LogP contribution in [0, 0.1) is 0 Å². The molecule has 0 fully saturated rings. The number of hydrogen-bond donors (Lipinski definition) is 0. The highest BCUT2D eigenvalue weighted by molar-refractivity contribution is 5.98. The van der Waals surface area contributed by atoms with E-state index in [1.54, 1.807) is 0 Å². The number of nitrogens with zero attached hydrogens (tertiary/aromatic N) is 1. The van der Waals surface area contributed by atoms with E-state index >= 15 is 0 Å². The van der Waals surface area contributed by atoms with Crippen LogP contribution in [0.25, 0.3) is 55.3 Å². The fourth-order valence-corrected chi connectivity index (χ4v) is 6.54. The molecule has 8 rings (SSSR count). The number of fused-ring (bicyclic) bond motifs is 1. The number of rotatable bonds is 7. The van der Waals surface area contributed by atoms with Gasteiger partial charge in [0.05, 0.1) is 5.69 Å². The normalized spacial score (nSPS) is 11.0. The van der Waals surface area contributed by atoms with Crippen LogP contribution < -0.4 is 4.90 Å². The first-order chi connectivity index (χ1) is 23.3. The molecule has 0 heterocycles. The van der Waals surface area contributed by atoms with E-state index in [0.29, 0.717) is 0 Å². The van der Waals surface area contributed by atoms with Crippen LogP contribution in [-0.4, -0.2) is 0 Å². The zero-order valence-electron chi connectivity index (χ0n) is 26.0. The van der Waals surface area contributed by atoms with Gasteiger partial charge in [0, 0.05) is 16.9 Å². The highest BCUT2D eigenvalue weighted by atomic mass is 15.1. The van der Waals surface area contributed by atoms with Crippen LogP contribution in [0.15, 0.2) is 200 Å². The molecule has 0 saturated carbocycles. The molecule has 47 heavy (non-hydrogen) atoms. The van der Waals surface area contributed by atoms with Crippen LogP contribution in [0.5, 0.6) is 0 Å². The Morgan fingerprint density at radius 1 is 0.277 bits per heavy atom. The predicted molar refractivity (Wildman–Crippen MR) is 200 cm³/mol. The molecule has 0 aromatic heterocycles. The summed E-state index contributed by atoms with van der Waals surface area (Å²) in [5.74, 6) is 0.